The quantitative estimate of drug-likeness (QED) is 0.314. The molecule has 1 aliphatic carbocycles. The van der Waals surface area contributed by atoms with Crippen molar-refractivity contribution in [1.29, 1.82) is 0 Å². The number of benzene rings is 3. The maximum absolute atomic E-state index is 13.6. The Bertz CT molecular complexity index is 1350. The fraction of sp³-hybridized carbons (Fsp3) is 0.394. The van der Waals surface area contributed by atoms with E-state index in [4.69, 9.17) is 0 Å². The zero-order valence-corrected chi connectivity index (χ0v) is 23.3. The van der Waals surface area contributed by atoms with Crippen molar-refractivity contribution < 1.29 is 22.8 Å². The van der Waals surface area contributed by atoms with Gasteiger partial charge in [-0.25, -0.2) is 0 Å². The lowest BCUT2D eigenvalue weighted by Gasteiger charge is -2.33. The van der Waals surface area contributed by atoms with Gasteiger partial charge in [-0.1, -0.05) is 72.6 Å². The highest BCUT2D eigenvalue weighted by Crippen LogP contribution is 2.51. The fourth-order valence-electron chi connectivity index (χ4n) is 6.37. The van der Waals surface area contributed by atoms with Crippen molar-refractivity contribution in [1.82, 2.24) is 15.5 Å². The van der Waals surface area contributed by atoms with Gasteiger partial charge < -0.3 is 15.5 Å². The Labute approximate surface area is 239 Å². The molecule has 8 heteroatoms. The second-order valence-corrected chi connectivity index (χ2v) is 11.2. The van der Waals surface area contributed by atoms with E-state index >= 15 is 0 Å². The third-order valence-corrected chi connectivity index (χ3v) is 8.38. The van der Waals surface area contributed by atoms with Crippen LogP contribution < -0.4 is 10.6 Å². The van der Waals surface area contributed by atoms with E-state index in [2.05, 4.69) is 15.5 Å². The molecule has 216 valence electrons. The lowest BCUT2D eigenvalue weighted by molar-refractivity contribution is -0.141. The minimum absolute atomic E-state index is 0.0432. The number of carbonyl (C=O) groups excluding carboxylic acids is 2. The molecule has 0 atom stereocenters. The number of amides is 2. The van der Waals surface area contributed by atoms with E-state index in [-0.39, 0.29) is 11.9 Å². The minimum Gasteiger partial charge on any atom is -0.349 e. The fourth-order valence-corrected chi connectivity index (χ4v) is 6.37. The Morgan fingerprint density at radius 2 is 1.54 bits per heavy atom. The van der Waals surface area contributed by atoms with E-state index in [1.54, 1.807) is 0 Å². The van der Waals surface area contributed by atoms with Crippen molar-refractivity contribution in [3.8, 4) is 11.1 Å². The van der Waals surface area contributed by atoms with Gasteiger partial charge in [-0.2, -0.15) is 13.2 Å². The molecule has 1 fully saturated rings. The standard InChI is InChI=1S/C33H36F3N3O2/c1-23-9-8-10-24(21-23)30(40)38-25-15-19-39(20-16-25)18-7-6-17-32(31(41)37-22-33(34,35)36)28-13-4-2-11-26(28)27-12-3-5-14-29(27)32/h2-5,8-14,21,25H,6-7,15-20,22H2,1H3,(H,37,41)(H,38,40). The van der Waals surface area contributed by atoms with E-state index in [1.807, 2.05) is 79.7 Å². The molecule has 2 aliphatic rings. The van der Waals surface area contributed by atoms with Crippen molar-refractivity contribution in [2.24, 2.45) is 0 Å². The summed E-state index contributed by atoms with van der Waals surface area (Å²) in [5.41, 5.74) is 3.91. The molecule has 0 saturated carbocycles. The van der Waals surface area contributed by atoms with Crippen LogP contribution in [0.3, 0.4) is 0 Å². The van der Waals surface area contributed by atoms with Crippen molar-refractivity contribution >= 4 is 11.8 Å². The van der Waals surface area contributed by atoms with Gasteiger partial charge in [0.2, 0.25) is 5.91 Å². The first-order valence-corrected chi connectivity index (χ1v) is 14.3. The summed E-state index contributed by atoms with van der Waals surface area (Å²) in [5.74, 6) is -0.643. The predicted molar refractivity (Wildman–Crippen MR) is 154 cm³/mol. The van der Waals surface area contributed by atoms with Crippen LogP contribution in [0, 0.1) is 6.92 Å². The molecule has 1 heterocycles. The molecule has 0 spiro atoms. The summed E-state index contributed by atoms with van der Waals surface area (Å²) in [5, 5.41) is 5.36. The lowest BCUT2D eigenvalue weighted by Crippen LogP contribution is -2.47. The van der Waals surface area contributed by atoms with Crippen LogP contribution in [0.4, 0.5) is 13.2 Å². The van der Waals surface area contributed by atoms with E-state index in [0.29, 0.717) is 18.4 Å². The number of unbranched alkanes of at least 4 members (excludes halogenated alkanes) is 1. The molecule has 5 nitrogen and oxygen atoms in total. The number of rotatable bonds is 9. The molecule has 0 radical (unpaired) electrons. The monoisotopic (exact) mass is 563 g/mol. The number of alkyl halides is 3. The second kappa shape index (κ2) is 12.1. The molecule has 2 amide bonds. The summed E-state index contributed by atoms with van der Waals surface area (Å²) in [6.07, 6.45) is -0.830. The van der Waals surface area contributed by atoms with E-state index in [0.717, 1.165) is 66.7 Å². The molecule has 0 bridgehead atoms. The normalized spacial score (nSPS) is 16.6. The topological polar surface area (TPSA) is 61.4 Å². The summed E-state index contributed by atoms with van der Waals surface area (Å²) in [6, 6.07) is 22.8. The molecule has 0 aromatic heterocycles. The highest BCUT2D eigenvalue weighted by molar-refractivity contribution is 6.00. The van der Waals surface area contributed by atoms with Gasteiger partial charge in [-0.3, -0.25) is 9.59 Å². The van der Waals surface area contributed by atoms with Gasteiger partial charge in [-0.15, -0.1) is 0 Å². The zero-order chi connectivity index (χ0) is 29.0. The van der Waals surface area contributed by atoms with Crippen LogP contribution in [-0.2, 0) is 10.2 Å². The van der Waals surface area contributed by atoms with Crippen molar-refractivity contribution in [3.05, 3.63) is 95.1 Å². The Kier molecular flexibility index (Phi) is 8.50. The highest BCUT2D eigenvalue weighted by atomic mass is 19.4. The van der Waals surface area contributed by atoms with Gasteiger partial charge >= 0.3 is 6.18 Å². The summed E-state index contributed by atoms with van der Waals surface area (Å²) in [4.78, 5) is 28.6. The molecular formula is C33H36F3N3O2. The maximum Gasteiger partial charge on any atom is 0.405 e. The van der Waals surface area contributed by atoms with Gasteiger partial charge in [0.25, 0.3) is 5.91 Å². The molecule has 5 rings (SSSR count). The van der Waals surface area contributed by atoms with E-state index < -0.39 is 24.0 Å². The highest BCUT2D eigenvalue weighted by Gasteiger charge is 2.49. The number of hydrogen-bond acceptors (Lipinski definition) is 3. The number of hydrogen-bond donors (Lipinski definition) is 2. The Balaban J connectivity index is 1.20. The Hall–Kier alpha value is -3.65. The number of likely N-dealkylation sites (tertiary alicyclic amines) is 1. The number of piperidine rings is 1. The number of carbonyl (C=O) groups is 2. The average Bonchev–Trinajstić information content (AvgIpc) is 3.25. The SMILES string of the molecule is Cc1cccc(C(=O)NC2CCN(CCCCC3(C(=O)NCC(F)(F)F)c4ccccc4-c4ccccc43)CC2)c1. The number of nitrogens with one attached hydrogen (secondary N) is 2. The number of halogens is 3. The largest absolute Gasteiger partial charge is 0.405 e. The van der Waals surface area contributed by atoms with Gasteiger partial charge in [-0.05, 0) is 73.5 Å². The van der Waals surface area contributed by atoms with Crippen LogP contribution in [-0.4, -0.2) is 55.1 Å². The predicted octanol–water partition coefficient (Wildman–Crippen LogP) is 6.00. The molecule has 0 unspecified atom stereocenters. The summed E-state index contributed by atoms with van der Waals surface area (Å²) < 4.78 is 39.3. The molecule has 41 heavy (non-hydrogen) atoms. The van der Waals surface area contributed by atoms with Crippen LogP contribution >= 0.6 is 0 Å². The minimum atomic E-state index is -4.49. The zero-order valence-electron chi connectivity index (χ0n) is 23.3. The molecule has 1 saturated heterocycles. The number of fused-ring (bicyclic) bond motifs is 3. The molecule has 2 N–H and O–H groups in total. The van der Waals surface area contributed by atoms with Gasteiger partial charge in [0, 0.05) is 24.7 Å². The molecule has 3 aromatic carbocycles. The first kappa shape index (κ1) is 28.9. The smallest absolute Gasteiger partial charge is 0.349 e. The third kappa shape index (κ3) is 6.32. The summed E-state index contributed by atoms with van der Waals surface area (Å²) in [7, 11) is 0. The second-order valence-electron chi connectivity index (χ2n) is 11.2. The maximum atomic E-state index is 13.6. The van der Waals surface area contributed by atoms with E-state index in [1.165, 1.54) is 0 Å². The van der Waals surface area contributed by atoms with Crippen LogP contribution in [0.25, 0.3) is 11.1 Å². The molecular weight excluding hydrogens is 527 g/mol. The Morgan fingerprint density at radius 3 is 2.15 bits per heavy atom. The third-order valence-electron chi connectivity index (χ3n) is 8.38. The summed E-state index contributed by atoms with van der Waals surface area (Å²) >= 11 is 0. The first-order valence-electron chi connectivity index (χ1n) is 14.3. The van der Waals surface area contributed by atoms with E-state index in [9.17, 15) is 22.8 Å². The molecule has 3 aromatic rings. The van der Waals surface area contributed by atoms with Crippen molar-refractivity contribution in [3.63, 3.8) is 0 Å². The van der Waals surface area contributed by atoms with Crippen LogP contribution in [0.1, 0.15) is 59.2 Å². The first-order chi connectivity index (χ1) is 19.7. The van der Waals surface area contributed by atoms with Crippen LogP contribution in [0.5, 0.6) is 0 Å². The summed E-state index contributed by atoms with van der Waals surface area (Å²) in [6.45, 7) is 3.18. The van der Waals surface area contributed by atoms with Gasteiger partial charge in [0.15, 0.2) is 0 Å². The lowest BCUT2D eigenvalue weighted by atomic mass is 9.73. The van der Waals surface area contributed by atoms with Crippen molar-refractivity contribution in [2.45, 2.75) is 56.7 Å². The number of aryl methyl sites for hydroxylation is 1. The average molecular weight is 564 g/mol. The van der Waals surface area contributed by atoms with Crippen LogP contribution in [0.15, 0.2) is 72.8 Å². The molecule has 1 aliphatic heterocycles. The van der Waals surface area contributed by atoms with Crippen molar-refractivity contribution in [2.75, 3.05) is 26.2 Å². The van der Waals surface area contributed by atoms with Crippen LogP contribution in [0.2, 0.25) is 0 Å². The number of nitrogens with zero attached hydrogens (tertiary/aromatic N) is 1. The van der Waals surface area contributed by atoms with Gasteiger partial charge in [0.1, 0.15) is 12.0 Å². The Morgan fingerprint density at radius 1 is 0.902 bits per heavy atom. The van der Waals surface area contributed by atoms with Gasteiger partial charge in [0.05, 0.1) is 0 Å².